The number of hydrogen-bond acceptors (Lipinski definition) is 7. The van der Waals surface area contributed by atoms with E-state index in [-0.39, 0.29) is 36.0 Å². The van der Waals surface area contributed by atoms with Crippen molar-refractivity contribution in [2.75, 3.05) is 13.7 Å². The van der Waals surface area contributed by atoms with Crippen LogP contribution in [0.4, 0.5) is 4.39 Å². The first kappa shape index (κ1) is 21.7. The van der Waals surface area contributed by atoms with Gasteiger partial charge in [0, 0.05) is 40.7 Å². The average molecular weight is 451 g/mol. The summed E-state index contributed by atoms with van der Waals surface area (Å²) in [6, 6.07) is 1.58. The van der Waals surface area contributed by atoms with Gasteiger partial charge in [0.25, 0.3) is 0 Å². The Morgan fingerprint density at radius 3 is 2.91 bits per heavy atom. The van der Waals surface area contributed by atoms with Crippen LogP contribution >= 0.6 is 0 Å². The minimum absolute atomic E-state index is 0.0568. The second-order valence-corrected chi connectivity index (χ2v) is 8.85. The zero-order chi connectivity index (χ0) is 23.5. The van der Waals surface area contributed by atoms with Crippen molar-refractivity contribution in [1.82, 2.24) is 15.6 Å². The van der Waals surface area contributed by atoms with E-state index < -0.39 is 11.6 Å². The summed E-state index contributed by atoms with van der Waals surface area (Å²) >= 11 is 0. The van der Waals surface area contributed by atoms with Gasteiger partial charge in [0.05, 0.1) is 16.9 Å². The molecule has 172 valence electrons. The Labute approximate surface area is 190 Å². The lowest BCUT2D eigenvalue weighted by molar-refractivity contribution is -0.162. The molecule has 8 heteroatoms. The summed E-state index contributed by atoms with van der Waals surface area (Å²) in [5, 5.41) is 18.7. The van der Waals surface area contributed by atoms with Crippen molar-refractivity contribution in [1.29, 1.82) is 0 Å². The molecule has 1 aromatic carbocycles. The van der Waals surface area contributed by atoms with E-state index in [2.05, 4.69) is 10.6 Å². The second-order valence-electron chi connectivity index (χ2n) is 8.85. The summed E-state index contributed by atoms with van der Waals surface area (Å²) in [6.07, 6.45) is 3.90. The van der Waals surface area contributed by atoms with Crippen LogP contribution in [-0.4, -0.2) is 41.6 Å². The monoisotopic (exact) mass is 451 g/mol. The highest BCUT2D eigenvalue weighted by atomic mass is 19.1. The number of esters is 1. The highest BCUT2D eigenvalue weighted by molar-refractivity contribution is 5.95. The molecular formula is C25H26FN3O4. The summed E-state index contributed by atoms with van der Waals surface area (Å²) in [5.74, 6) is -1.06. The third-order valence-corrected chi connectivity index (χ3v) is 7.27. The van der Waals surface area contributed by atoms with Gasteiger partial charge < -0.3 is 20.5 Å². The number of hydrogen-bond donors (Lipinski definition) is 3. The van der Waals surface area contributed by atoms with Crippen LogP contribution in [-0.2, 0) is 27.3 Å². The maximum Gasteiger partial charge on any atom is 0.343 e. The van der Waals surface area contributed by atoms with Crippen molar-refractivity contribution in [3.63, 3.8) is 0 Å². The molecular weight excluding hydrogens is 425 g/mol. The number of cyclic esters (lactones) is 1. The molecule has 5 rings (SSSR count). The standard InChI is InChI=1S/C25H26FN3O4/c1-4-25(32)16(13(10-30)11-33-24(25)31)7-20-23-15(9-28-20)22-18(27-3)6-5-14-12(2)17(26)8-19(29-23)21(14)22/h7-8,10,18,27-28,32H,4-6,9,11H2,1-3H3/b20-7-. The zero-order valence-corrected chi connectivity index (χ0v) is 18.8. The quantitative estimate of drug-likeness (QED) is 0.485. The van der Waals surface area contributed by atoms with Crippen molar-refractivity contribution >= 4 is 28.9 Å². The van der Waals surface area contributed by atoms with Gasteiger partial charge in [-0.25, -0.2) is 14.2 Å². The number of fused-ring (bicyclic) bond motifs is 2. The molecule has 1 aliphatic carbocycles. The largest absolute Gasteiger partial charge is 0.458 e. The van der Waals surface area contributed by atoms with Gasteiger partial charge in [-0.15, -0.1) is 0 Å². The van der Waals surface area contributed by atoms with Crippen LogP contribution in [0.15, 0.2) is 23.3 Å². The summed E-state index contributed by atoms with van der Waals surface area (Å²) in [5.41, 5.74) is 4.09. The maximum absolute atomic E-state index is 14.7. The predicted molar refractivity (Wildman–Crippen MR) is 121 cm³/mol. The van der Waals surface area contributed by atoms with Gasteiger partial charge >= 0.3 is 5.97 Å². The van der Waals surface area contributed by atoms with Gasteiger partial charge in [-0.2, -0.15) is 0 Å². The number of nitrogens with zero attached hydrogens (tertiary/aromatic N) is 1. The Morgan fingerprint density at radius 1 is 1.42 bits per heavy atom. The summed E-state index contributed by atoms with van der Waals surface area (Å²) in [7, 11) is 1.92. The topological polar surface area (TPSA) is 101 Å². The van der Waals surface area contributed by atoms with Crippen molar-refractivity contribution in [3.05, 3.63) is 57.1 Å². The first-order valence-corrected chi connectivity index (χ1v) is 11.2. The van der Waals surface area contributed by atoms with Gasteiger partial charge in [-0.3, -0.25) is 4.79 Å². The number of nitrogens with one attached hydrogen (secondary N) is 2. The third kappa shape index (κ3) is 3.04. The summed E-state index contributed by atoms with van der Waals surface area (Å²) in [6.45, 7) is 3.78. The van der Waals surface area contributed by atoms with Crippen molar-refractivity contribution in [2.24, 2.45) is 0 Å². The number of aryl methyl sites for hydroxylation is 1. The van der Waals surface area contributed by atoms with E-state index in [9.17, 15) is 19.1 Å². The van der Waals surface area contributed by atoms with Crippen LogP contribution in [0.1, 0.15) is 53.8 Å². The molecule has 0 saturated carbocycles. The van der Waals surface area contributed by atoms with Crippen molar-refractivity contribution in [3.8, 4) is 0 Å². The fourth-order valence-electron chi connectivity index (χ4n) is 5.35. The molecule has 7 nitrogen and oxygen atoms in total. The molecule has 3 aliphatic rings. The Kier molecular flexibility index (Phi) is 5.10. The second kappa shape index (κ2) is 7.74. The van der Waals surface area contributed by atoms with Gasteiger partial charge in [0.15, 0.2) is 5.60 Å². The average Bonchev–Trinajstić information content (AvgIpc) is 3.22. The first-order valence-electron chi connectivity index (χ1n) is 11.2. The molecule has 33 heavy (non-hydrogen) atoms. The molecule has 3 heterocycles. The van der Waals surface area contributed by atoms with E-state index in [1.165, 1.54) is 6.07 Å². The normalized spacial score (nSPS) is 25.3. The number of halogens is 1. The minimum Gasteiger partial charge on any atom is -0.458 e. The van der Waals surface area contributed by atoms with E-state index in [0.717, 1.165) is 34.9 Å². The SMILES string of the molecule is CCC1(O)C(=O)OCC(C=O)=C1/C=C1\NCc2c1nc1cc(F)c(C)c3c1c2C(NC)CC3. The number of carbonyl (C=O) groups excluding carboxylic acids is 2. The van der Waals surface area contributed by atoms with Crippen molar-refractivity contribution < 1.29 is 23.8 Å². The molecule has 1 aromatic heterocycles. The molecule has 2 atom stereocenters. The molecule has 0 saturated heterocycles. The van der Waals surface area contributed by atoms with Crippen LogP contribution in [0.25, 0.3) is 16.6 Å². The van der Waals surface area contributed by atoms with E-state index in [1.54, 1.807) is 13.0 Å². The number of rotatable bonds is 4. The van der Waals surface area contributed by atoms with E-state index >= 15 is 0 Å². The Hall–Kier alpha value is -3.10. The lowest BCUT2D eigenvalue weighted by atomic mass is 9.81. The van der Waals surface area contributed by atoms with Crippen LogP contribution < -0.4 is 10.6 Å². The molecule has 2 aliphatic heterocycles. The molecule has 0 bridgehead atoms. The van der Waals surface area contributed by atoms with E-state index in [0.29, 0.717) is 35.3 Å². The number of ether oxygens (including phenoxy) is 1. The van der Waals surface area contributed by atoms with E-state index in [1.807, 2.05) is 14.0 Å². The van der Waals surface area contributed by atoms with Crippen LogP contribution in [0.2, 0.25) is 0 Å². The number of carbonyl (C=O) groups is 2. The third-order valence-electron chi connectivity index (χ3n) is 7.27. The smallest absolute Gasteiger partial charge is 0.343 e. The highest BCUT2D eigenvalue weighted by Gasteiger charge is 2.44. The molecule has 0 amide bonds. The van der Waals surface area contributed by atoms with Crippen LogP contribution in [0.5, 0.6) is 0 Å². The molecule has 0 radical (unpaired) electrons. The lowest BCUT2D eigenvalue weighted by Crippen LogP contribution is -2.45. The van der Waals surface area contributed by atoms with Gasteiger partial charge in [-0.1, -0.05) is 6.92 Å². The van der Waals surface area contributed by atoms with Gasteiger partial charge in [-0.05, 0) is 56.0 Å². The minimum atomic E-state index is -1.92. The molecule has 0 fully saturated rings. The molecule has 2 aromatic rings. The number of aliphatic hydroxyl groups is 1. The Morgan fingerprint density at radius 2 is 2.21 bits per heavy atom. The maximum atomic E-state index is 14.7. The van der Waals surface area contributed by atoms with Gasteiger partial charge in [0.2, 0.25) is 0 Å². The summed E-state index contributed by atoms with van der Waals surface area (Å²) < 4.78 is 19.8. The number of pyridine rings is 1. The van der Waals surface area contributed by atoms with Crippen molar-refractivity contribution in [2.45, 2.75) is 51.3 Å². The fraction of sp³-hybridized carbons (Fsp3) is 0.400. The van der Waals surface area contributed by atoms with E-state index in [4.69, 9.17) is 9.72 Å². The Balaban J connectivity index is 1.77. The fourth-order valence-corrected chi connectivity index (χ4v) is 5.35. The molecule has 0 spiro atoms. The van der Waals surface area contributed by atoms with Crippen LogP contribution in [0.3, 0.4) is 0 Å². The zero-order valence-electron chi connectivity index (χ0n) is 18.8. The van der Waals surface area contributed by atoms with Crippen LogP contribution in [0, 0.1) is 12.7 Å². The highest BCUT2D eigenvalue weighted by Crippen LogP contribution is 2.43. The predicted octanol–water partition coefficient (Wildman–Crippen LogP) is 2.53. The number of aldehydes is 1. The molecule has 2 unspecified atom stereocenters. The summed E-state index contributed by atoms with van der Waals surface area (Å²) in [4.78, 5) is 28.9. The van der Waals surface area contributed by atoms with Gasteiger partial charge in [0.1, 0.15) is 18.7 Å². The lowest BCUT2D eigenvalue weighted by Gasteiger charge is -2.31. The number of aromatic nitrogens is 1. The first-order chi connectivity index (χ1) is 15.8. The molecule has 3 N–H and O–H groups in total. The Bertz CT molecular complexity index is 1280. The number of benzene rings is 1.